The van der Waals surface area contributed by atoms with Crippen LogP contribution in [0.1, 0.15) is 23.6 Å². The average Bonchev–Trinajstić information content (AvgIpc) is 2.71. The number of methoxy groups -OCH3 is 1. The molecule has 28 heavy (non-hydrogen) atoms. The van der Waals surface area contributed by atoms with Gasteiger partial charge in [-0.3, -0.25) is 4.79 Å². The van der Waals surface area contributed by atoms with Gasteiger partial charge in [-0.25, -0.2) is 0 Å². The third-order valence-electron chi connectivity index (χ3n) is 5.43. The summed E-state index contributed by atoms with van der Waals surface area (Å²) < 4.78 is 11.5. The van der Waals surface area contributed by atoms with Crippen LogP contribution in [0.2, 0.25) is 0 Å². The summed E-state index contributed by atoms with van der Waals surface area (Å²) in [6.07, 6.45) is -0.502. The fourth-order valence-corrected chi connectivity index (χ4v) is 3.68. The maximum absolute atomic E-state index is 12.9. The summed E-state index contributed by atoms with van der Waals surface area (Å²) in [7, 11) is 1.69. The Morgan fingerprint density at radius 3 is 2.36 bits per heavy atom. The average molecular weight is 383 g/mol. The van der Waals surface area contributed by atoms with Gasteiger partial charge in [0.1, 0.15) is 11.5 Å². The Kier molecular flexibility index (Phi) is 6.12. The number of hydrogen-bond donors (Lipinski definition) is 0. The summed E-state index contributed by atoms with van der Waals surface area (Å²) in [5, 5.41) is 0. The van der Waals surface area contributed by atoms with E-state index in [0.29, 0.717) is 13.1 Å². The van der Waals surface area contributed by atoms with Crippen LogP contribution in [0.4, 0.5) is 5.69 Å². The maximum Gasteiger partial charge on any atom is 0.263 e. The molecule has 1 aliphatic heterocycles. The number of ether oxygens (including phenoxy) is 2. The van der Waals surface area contributed by atoms with Crippen LogP contribution in [0.15, 0.2) is 36.4 Å². The molecule has 1 aliphatic rings. The van der Waals surface area contributed by atoms with Crippen molar-refractivity contribution in [1.29, 1.82) is 0 Å². The lowest BCUT2D eigenvalue weighted by Crippen LogP contribution is -2.52. The number of benzene rings is 2. The Labute approximate surface area is 167 Å². The molecule has 0 unspecified atom stereocenters. The second-order valence-electron chi connectivity index (χ2n) is 7.45. The molecule has 150 valence electrons. The first kappa shape index (κ1) is 20.1. The monoisotopic (exact) mass is 382 g/mol. The minimum Gasteiger partial charge on any atom is -0.495 e. The SMILES string of the molecule is COc1ccccc1N1CCN(C(=O)[C@H](C)Oc2cc(C)cc(C)c2C)CC1. The lowest BCUT2D eigenvalue weighted by molar-refractivity contribution is -0.138. The quantitative estimate of drug-likeness (QED) is 0.790. The molecule has 0 aromatic heterocycles. The largest absolute Gasteiger partial charge is 0.495 e. The van der Waals surface area contributed by atoms with Crippen molar-refractivity contribution in [3.63, 3.8) is 0 Å². The van der Waals surface area contributed by atoms with Gasteiger partial charge in [0.25, 0.3) is 5.91 Å². The molecule has 1 amide bonds. The molecule has 2 aromatic rings. The standard InChI is InChI=1S/C23H30N2O3/c1-16-14-17(2)18(3)22(15-16)28-19(4)23(26)25-12-10-24(11-13-25)20-8-6-7-9-21(20)27-5/h6-9,14-15,19H,10-13H2,1-5H3/t19-/m0/s1. The third-order valence-corrected chi connectivity index (χ3v) is 5.43. The third kappa shape index (κ3) is 4.24. The number of rotatable bonds is 5. The topological polar surface area (TPSA) is 42.0 Å². The summed E-state index contributed by atoms with van der Waals surface area (Å²) >= 11 is 0. The van der Waals surface area contributed by atoms with Gasteiger partial charge in [-0.1, -0.05) is 18.2 Å². The van der Waals surface area contributed by atoms with Crippen LogP contribution >= 0.6 is 0 Å². The lowest BCUT2D eigenvalue weighted by Gasteiger charge is -2.37. The minimum atomic E-state index is -0.502. The molecule has 0 bridgehead atoms. The molecular weight excluding hydrogens is 352 g/mol. The number of carbonyl (C=O) groups is 1. The first-order chi connectivity index (χ1) is 13.4. The number of hydrogen-bond acceptors (Lipinski definition) is 4. The van der Waals surface area contributed by atoms with Crippen molar-refractivity contribution in [3.05, 3.63) is 53.1 Å². The van der Waals surface area contributed by atoms with E-state index in [1.165, 1.54) is 5.56 Å². The number of amides is 1. The normalized spacial score (nSPS) is 15.3. The number of aryl methyl sites for hydroxylation is 2. The van der Waals surface area contributed by atoms with Crippen LogP contribution in [0, 0.1) is 20.8 Å². The van der Waals surface area contributed by atoms with Gasteiger partial charge in [0.15, 0.2) is 6.10 Å². The lowest BCUT2D eigenvalue weighted by atomic mass is 10.1. The van der Waals surface area contributed by atoms with Gasteiger partial charge in [0.05, 0.1) is 12.8 Å². The molecule has 0 aliphatic carbocycles. The smallest absolute Gasteiger partial charge is 0.263 e. The van der Waals surface area contributed by atoms with Crippen molar-refractivity contribution in [2.75, 3.05) is 38.2 Å². The van der Waals surface area contributed by atoms with Crippen molar-refractivity contribution in [3.8, 4) is 11.5 Å². The highest BCUT2D eigenvalue weighted by atomic mass is 16.5. The molecule has 1 fully saturated rings. The van der Waals surface area contributed by atoms with Crippen LogP contribution < -0.4 is 14.4 Å². The molecule has 0 radical (unpaired) electrons. The summed E-state index contributed by atoms with van der Waals surface area (Å²) in [6.45, 7) is 10.9. The number of nitrogens with zero attached hydrogens (tertiary/aromatic N) is 2. The minimum absolute atomic E-state index is 0.0400. The molecule has 0 spiro atoms. The van der Waals surface area contributed by atoms with E-state index < -0.39 is 6.10 Å². The molecule has 5 heteroatoms. The van der Waals surface area contributed by atoms with E-state index in [4.69, 9.17) is 9.47 Å². The fourth-order valence-electron chi connectivity index (χ4n) is 3.68. The van der Waals surface area contributed by atoms with Gasteiger partial charge in [-0.05, 0) is 62.6 Å². The highest BCUT2D eigenvalue weighted by Crippen LogP contribution is 2.29. The van der Waals surface area contributed by atoms with E-state index in [9.17, 15) is 4.79 Å². The Morgan fingerprint density at radius 2 is 1.68 bits per heavy atom. The summed E-state index contributed by atoms with van der Waals surface area (Å²) in [5.41, 5.74) is 4.49. The van der Waals surface area contributed by atoms with E-state index in [1.807, 2.05) is 49.9 Å². The summed E-state index contributed by atoms with van der Waals surface area (Å²) in [6, 6.07) is 12.1. The Balaban J connectivity index is 1.62. The second-order valence-corrected chi connectivity index (χ2v) is 7.45. The van der Waals surface area contributed by atoms with Crippen molar-refractivity contribution >= 4 is 11.6 Å². The van der Waals surface area contributed by atoms with Crippen LogP contribution in [-0.2, 0) is 4.79 Å². The summed E-state index contributed by atoms with van der Waals surface area (Å²) in [4.78, 5) is 17.1. The van der Waals surface area contributed by atoms with E-state index in [1.54, 1.807) is 7.11 Å². The molecule has 0 N–H and O–H groups in total. The maximum atomic E-state index is 12.9. The second kappa shape index (κ2) is 8.55. The van der Waals surface area contributed by atoms with E-state index >= 15 is 0 Å². The van der Waals surface area contributed by atoms with Gasteiger partial charge in [-0.2, -0.15) is 0 Å². The zero-order valence-corrected chi connectivity index (χ0v) is 17.5. The van der Waals surface area contributed by atoms with Crippen molar-refractivity contribution in [2.24, 2.45) is 0 Å². The van der Waals surface area contributed by atoms with Crippen LogP contribution in [0.3, 0.4) is 0 Å². The molecule has 3 rings (SSSR count). The zero-order chi connectivity index (χ0) is 20.3. The van der Waals surface area contributed by atoms with E-state index in [2.05, 4.69) is 24.0 Å². The first-order valence-electron chi connectivity index (χ1n) is 9.82. The number of anilines is 1. The highest BCUT2D eigenvalue weighted by molar-refractivity contribution is 5.81. The van der Waals surface area contributed by atoms with E-state index in [-0.39, 0.29) is 5.91 Å². The van der Waals surface area contributed by atoms with Crippen molar-refractivity contribution in [1.82, 2.24) is 4.90 Å². The molecule has 1 atom stereocenters. The van der Waals surface area contributed by atoms with E-state index in [0.717, 1.165) is 41.4 Å². The number of piperazine rings is 1. The molecule has 1 heterocycles. The van der Waals surface area contributed by atoms with Gasteiger partial charge in [0.2, 0.25) is 0 Å². The molecule has 0 saturated carbocycles. The van der Waals surface area contributed by atoms with Crippen LogP contribution in [0.25, 0.3) is 0 Å². The summed E-state index contributed by atoms with van der Waals surface area (Å²) in [5.74, 6) is 1.70. The number of carbonyl (C=O) groups excluding carboxylic acids is 1. The molecular formula is C23H30N2O3. The molecule has 5 nitrogen and oxygen atoms in total. The highest BCUT2D eigenvalue weighted by Gasteiger charge is 2.27. The molecule has 2 aromatic carbocycles. The first-order valence-corrected chi connectivity index (χ1v) is 9.82. The zero-order valence-electron chi connectivity index (χ0n) is 17.5. The van der Waals surface area contributed by atoms with Gasteiger partial charge in [0, 0.05) is 26.2 Å². The predicted octanol–water partition coefficient (Wildman–Crippen LogP) is 3.74. The van der Waals surface area contributed by atoms with Crippen LogP contribution in [-0.4, -0.2) is 50.2 Å². The Morgan fingerprint density at radius 1 is 1.00 bits per heavy atom. The van der Waals surface area contributed by atoms with Crippen molar-refractivity contribution in [2.45, 2.75) is 33.8 Å². The Hall–Kier alpha value is -2.69. The molecule has 1 saturated heterocycles. The van der Waals surface area contributed by atoms with Gasteiger partial charge < -0.3 is 19.3 Å². The fraction of sp³-hybridized carbons (Fsp3) is 0.435. The Bertz CT molecular complexity index is 842. The number of para-hydroxylation sites is 2. The van der Waals surface area contributed by atoms with Gasteiger partial charge >= 0.3 is 0 Å². The van der Waals surface area contributed by atoms with Gasteiger partial charge in [-0.15, -0.1) is 0 Å². The van der Waals surface area contributed by atoms with Crippen LogP contribution in [0.5, 0.6) is 11.5 Å². The van der Waals surface area contributed by atoms with Crippen molar-refractivity contribution < 1.29 is 14.3 Å². The predicted molar refractivity (Wildman–Crippen MR) is 113 cm³/mol.